The van der Waals surface area contributed by atoms with E-state index >= 15 is 0 Å². The number of anilines is 2. The number of fused-ring (bicyclic) bond motifs is 1. The van der Waals surface area contributed by atoms with Crippen LogP contribution in [0.5, 0.6) is 0 Å². The Morgan fingerprint density at radius 1 is 1.39 bits per heavy atom. The van der Waals surface area contributed by atoms with Gasteiger partial charge >= 0.3 is 0 Å². The van der Waals surface area contributed by atoms with Gasteiger partial charge in [-0.15, -0.1) is 0 Å². The minimum absolute atomic E-state index is 0.167. The zero-order chi connectivity index (χ0) is 19.9. The van der Waals surface area contributed by atoms with Crippen LogP contribution in [0.3, 0.4) is 0 Å². The molecular weight excluding hydrogens is 420 g/mol. The molecule has 3 aromatic rings. The van der Waals surface area contributed by atoms with E-state index in [9.17, 15) is 0 Å². The summed E-state index contributed by atoms with van der Waals surface area (Å²) < 4.78 is 3.65. The Morgan fingerprint density at radius 2 is 2.18 bits per heavy atom. The van der Waals surface area contributed by atoms with Gasteiger partial charge in [0.1, 0.15) is 11.6 Å². The molecule has 1 aliphatic carbocycles. The highest BCUT2D eigenvalue weighted by Crippen LogP contribution is 2.44. The van der Waals surface area contributed by atoms with E-state index in [1.165, 1.54) is 12.8 Å². The summed E-state index contributed by atoms with van der Waals surface area (Å²) in [7, 11) is 0. The summed E-state index contributed by atoms with van der Waals surface area (Å²) in [6.45, 7) is 12.1. The number of nitrogens with zero attached hydrogens (tertiary/aromatic N) is 6. The smallest absolute Gasteiger partial charge is 0.268 e. The number of alkyl halides is 1. The van der Waals surface area contributed by atoms with Crippen LogP contribution in [0.25, 0.3) is 10.5 Å². The van der Waals surface area contributed by atoms with Crippen molar-refractivity contribution in [3.05, 3.63) is 40.6 Å². The number of nitrogens with one attached hydrogen (secondary N) is 1. The van der Waals surface area contributed by atoms with E-state index < -0.39 is 0 Å². The third-order valence-electron chi connectivity index (χ3n) is 5.42. The van der Waals surface area contributed by atoms with E-state index in [1.54, 1.807) is 4.52 Å². The van der Waals surface area contributed by atoms with Crippen LogP contribution in [0.2, 0.25) is 0 Å². The lowest BCUT2D eigenvalue weighted by molar-refractivity contribution is 0.479. The zero-order valence-corrected chi connectivity index (χ0v) is 17.6. The number of aryl methyl sites for hydroxylation is 2. The first kappa shape index (κ1) is 18.7. The molecule has 3 N–H and O–H groups in total. The van der Waals surface area contributed by atoms with E-state index in [0.717, 1.165) is 35.1 Å². The molecule has 1 saturated carbocycles. The normalized spacial score (nSPS) is 14.9. The number of hydrogen-bond donors (Lipinski definition) is 2. The van der Waals surface area contributed by atoms with Crippen molar-refractivity contribution in [2.45, 2.75) is 45.1 Å². The lowest BCUT2D eigenvalue weighted by Gasteiger charge is -2.12. The van der Waals surface area contributed by atoms with E-state index in [4.69, 9.17) is 17.4 Å². The van der Waals surface area contributed by atoms with Crippen molar-refractivity contribution in [1.82, 2.24) is 24.4 Å². The maximum Gasteiger partial charge on any atom is 0.268 e. The molecule has 8 nitrogen and oxygen atoms in total. The van der Waals surface area contributed by atoms with Crippen molar-refractivity contribution in [3.8, 4) is 0 Å². The Bertz CT molecular complexity index is 1070. The van der Waals surface area contributed by atoms with Gasteiger partial charge < -0.3 is 11.1 Å². The summed E-state index contributed by atoms with van der Waals surface area (Å²) in [5, 5.41) is 13.4. The minimum atomic E-state index is 0.167. The highest BCUT2D eigenvalue weighted by Gasteiger charge is 2.44. The lowest BCUT2D eigenvalue weighted by atomic mass is 10.2. The van der Waals surface area contributed by atoms with E-state index in [-0.39, 0.29) is 5.54 Å². The number of aromatic nitrogens is 5. The quantitative estimate of drug-likeness (QED) is 0.431. The minimum Gasteiger partial charge on any atom is -0.392 e. The monoisotopic (exact) mass is 442 g/mol. The third-order valence-corrected chi connectivity index (χ3v) is 6.46. The zero-order valence-electron chi connectivity index (χ0n) is 16.0. The second-order valence-corrected chi connectivity index (χ2v) is 7.81. The largest absolute Gasteiger partial charge is 0.392 e. The summed E-state index contributed by atoms with van der Waals surface area (Å²) in [4.78, 5) is 8.24. The number of nitrogen functional groups attached to an aromatic ring is 1. The molecule has 3 heterocycles. The van der Waals surface area contributed by atoms with Crippen LogP contribution in [-0.2, 0) is 18.4 Å². The Morgan fingerprint density at radius 3 is 2.82 bits per heavy atom. The van der Waals surface area contributed by atoms with Crippen molar-refractivity contribution < 1.29 is 0 Å². The average molecular weight is 443 g/mol. The van der Waals surface area contributed by atoms with Crippen LogP contribution in [-0.4, -0.2) is 36.3 Å². The predicted octanol–water partition coefficient (Wildman–Crippen LogP) is 3.47. The molecule has 9 heteroatoms. The van der Waals surface area contributed by atoms with E-state index in [0.29, 0.717) is 29.5 Å². The predicted molar refractivity (Wildman–Crippen MR) is 113 cm³/mol. The molecule has 3 aromatic heterocycles. The fraction of sp³-hybridized carbons (Fsp3) is 0.474. The molecule has 0 bridgehead atoms. The van der Waals surface area contributed by atoms with Gasteiger partial charge in [-0.05, 0) is 32.3 Å². The van der Waals surface area contributed by atoms with Crippen molar-refractivity contribution in [3.63, 3.8) is 0 Å². The van der Waals surface area contributed by atoms with Crippen molar-refractivity contribution in [2.24, 2.45) is 0 Å². The Kier molecular flexibility index (Phi) is 4.75. The number of halogens is 1. The molecule has 0 aliphatic heterocycles. The van der Waals surface area contributed by atoms with Gasteiger partial charge in [-0.2, -0.15) is 10.2 Å². The van der Waals surface area contributed by atoms with Crippen LogP contribution >= 0.6 is 15.9 Å². The molecule has 0 aromatic carbocycles. The van der Waals surface area contributed by atoms with Gasteiger partial charge in [-0.3, -0.25) is 4.68 Å². The summed E-state index contributed by atoms with van der Waals surface area (Å²) in [5.74, 6) is 0.829. The maximum atomic E-state index is 7.51. The standard InChI is InChI=1S/C19H23BrN8/c1-4-14-12(2)25-28-16(21)15(22-3)17(24-18(14)28)23-9-5-13-6-10-27(26-13)19(11-20)7-8-19/h6,10H,4-5,7-9,11,21H2,1-2H3,(H,23,24). The van der Waals surface area contributed by atoms with Crippen LogP contribution in [0.4, 0.5) is 17.3 Å². The van der Waals surface area contributed by atoms with Crippen LogP contribution in [0.15, 0.2) is 12.3 Å². The summed E-state index contributed by atoms with van der Waals surface area (Å²) in [6, 6.07) is 2.06. The van der Waals surface area contributed by atoms with Crippen molar-refractivity contribution in [1.29, 1.82) is 0 Å². The molecule has 0 saturated heterocycles. The fourth-order valence-electron chi connectivity index (χ4n) is 3.49. The first-order chi connectivity index (χ1) is 13.5. The van der Waals surface area contributed by atoms with Gasteiger partial charge in [0.05, 0.1) is 23.5 Å². The first-order valence-electron chi connectivity index (χ1n) is 9.43. The summed E-state index contributed by atoms with van der Waals surface area (Å²) >= 11 is 3.59. The highest BCUT2D eigenvalue weighted by molar-refractivity contribution is 9.09. The number of nitrogens with two attached hydrogens (primary N) is 1. The summed E-state index contributed by atoms with van der Waals surface area (Å²) in [6.07, 6.45) is 5.94. The third kappa shape index (κ3) is 3.02. The summed E-state index contributed by atoms with van der Waals surface area (Å²) in [5.41, 5.74) is 10.4. The Balaban J connectivity index is 1.54. The van der Waals surface area contributed by atoms with Gasteiger partial charge in [-0.1, -0.05) is 22.9 Å². The van der Waals surface area contributed by atoms with Crippen molar-refractivity contribution in [2.75, 3.05) is 22.9 Å². The molecule has 146 valence electrons. The van der Waals surface area contributed by atoms with Crippen LogP contribution < -0.4 is 11.1 Å². The van der Waals surface area contributed by atoms with Gasteiger partial charge in [0, 0.05) is 30.1 Å². The van der Waals surface area contributed by atoms with Crippen molar-refractivity contribution >= 4 is 38.9 Å². The van der Waals surface area contributed by atoms with Gasteiger partial charge in [0.2, 0.25) is 0 Å². The maximum absolute atomic E-state index is 7.51. The van der Waals surface area contributed by atoms with Gasteiger partial charge in [0.15, 0.2) is 5.65 Å². The molecule has 0 atom stereocenters. The van der Waals surface area contributed by atoms with E-state index in [1.807, 2.05) is 6.92 Å². The fourth-order valence-corrected chi connectivity index (χ4v) is 4.31. The first-order valence-corrected chi connectivity index (χ1v) is 10.5. The molecule has 1 aliphatic rings. The van der Waals surface area contributed by atoms with Crippen LogP contribution in [0, 0.1) is 13.5 Å². The second kappa shape index (κ2) is 7.09. The average Bonchev–Trinajstić information content (AvgIpc) is 3.23. The second-order valence-electron chi connectivity index (χ2n) is 7.25. The topological polar surface area (TPSA) is 90.4 Å². The lowest BCUT2D eigenvalue weighted by Crippen LogP contribution is -2.19. The number of hydrogen-bond acceptors (Lipinski definition) is 5. The van der Waals surface area contributed by atoms with E-state index in [2.05, 4.69) is 60.0 Å². The SMILES string of the molecule is [C-]#[N+]c1c(NCCc2ccn(C3(CBr)CC3)n2)nc2c(CC)c(C)nn2c1N. The van der Waals surface area contributed by atoms with Gasteiger partial charge in [-0.25, -0.2) is 14.3 Å². The molecule has 0 amide bonds. The molecule has 1 fully saturated rings. The van der Waals surface area contributed by atoms with Crippen LogP contribution in [0.1, 0.15) is 36.7 Å². The molecule has 0 radical (unpaired) electrons. The Labute approximate surface area is 172 Å². The Hall–Kier alpha value is -2.60. The molecular formula is C19H23BrN8. The molecule has 4 rings (SSSR count). The van der Waals surface area contributed by atoms with Gasteiger partial charge in [0.25, 0.3) is 5.69 Å². The molecule has 0 spiro atoms. The number of rotatable bonds is 7. The highest BCUT2D eigenvalue weighted by atomic mass is 79.9. The molecule has 28 heavy (non-hydrogen) atoms. The molecule has 0 unspecified atom stereocenters.